The molecule has 29 heavy (non-hydrogen) atoms. The fraction of sp³-hybridized carbons (Fsp3) is 0.182. The van der Waals surface area contributed by atoms with Crippen molar-refractivity contribution in [1.29, 1.82) is 5.26 Å². The summed E-state index contributed by atoms with van der Waals surface area (Å²) in [7, 11) is 0. The minimum atomic E-state index is -0.232. The number of hydrogen-bond donors (Lipinski definition) is 1. The Labute approximate surface area is 172 Å². The Hall–Kier alpha value is -3.50. The number of thiazole rings is 1. The number of nitriles is 1. The second-order valence-electron chi connectivity index (χ2n) is 7.03. The molecule has 0 bridgehead atoms. The Morgan fingerprint density at radius 2 is 2.07 bits per heavy atom. The second-order valence-corrected chi connectivity index (χ2v) is 8.25. The number of carbonyl (C=O) groups is 1. The lowest BCUT2D eigenvalue weighted by Gasteiger charge is -2.14. The largest absolute Gasteiger partial charge is 0.322 e. The van der Waals surface area contributed by atoms with Crippen LogP contribution in [0, 0.1) is 18.3 Å². The first-order valence-electron chi connectivity index (χ1n) is 9.23. The number of amides is 1. The number of anilines is 1. The number of carbonyl (C=O) groups excluding carboxylic acids is 1. The Morgan fingerprint density at radius 1 is 1.24 bits per heavy atom. The van der Waals surface area contributed by atoms with E-state index in [-0.39, 0.29) is 11.8 Å². The van der Waals surface area contributed by atoms with Gasteiger partial charge in [-0.1, -0.05) is 31.3 Å². The summed E-state index contributed by atoms with van der Waals surface area (Å²) in [5.74, 6) is -0.171. The zero-order chi connectivity index (χ0) is 20.5. The van der Waals surface area contributed by atoms with E-state index in [9.17, 15) is 10.1 Å². The maximum absolute atomic E-state index is 13.0. The second kappa shape index (κ2) is 7.49. The van der Waals surface area contributed by atoms with E-state index in [0.717, 1.165) is 26.5 Å². The van der Waals surface area contributed by atoms with Crippen molar-refractivity contribution in [3.05, 3.63) is 70.5 Å². The van der Waals surface area contributed by atoms with Gasteiger partial charge < -0.3 is 5.32 Å². The van der Waals surface area contributed by atoms with Crippen molar-refractivity contribution in [2.45, 2.75) is 26.7 Å². The van der Waals surface area contributed by atoms with Gasteiger partial charge in [0.25, 0.3) is 5.91 Å². The molecular weight excluding hydrogens is 382 g/mol. The SMILES string of the molecule is Cc1ncc(-n2ncc3ccc(NC(=O)c4cccc(C#N)c4C(C)C)cc32)s1. The number of aromatic nitrogens is 3. The van der Waals surface area contributed by atoms with Gasteiger partial charge in [0.15, 0.2) is 0 Å². The topological polar surface area (TPSA) is 83.6 Å². The summed E-state index contributed by atoms with van der Waals surface area (Å²) in [4.78, 5) is 17.3. The highest BCUT2D eigenvalue weighted by Crippen LogP contribution is 2.27. The van der Waals surface area contributed by atoms with E-state index in [0.29, 0.717) is 16.8 Å². The predicted octanol–water partition coefficient (Wildman–Crippen LogP) is 5.04. The molecule has 2 heterocycles. The number of benzene rings is 2. The average molecular weight is 401 g/mol. The Bertz CT molecular complexity index is 1260. The van der Waals surface area contributed by atoms with Crippen molar-refractivity contribution in [2.24, 2.45) is 0 Å². The smallest absolute Gasteiger partial charge is 0.255 e. The van der Waals surface area contributed by atoms with Gasteiger partial charge >= 0.3 is 0 Å². The van der Waals surface area contributed by atoms with E-state index in [1.54, 1.807) is 41.9 Å². The third-order valence-corrected chi connectivity index (χ3v) is 5.58. The zero-order valence-electron chi connectivity index (χ0n) is 16.3. The van der Waals surface area contributed by atoms with Crippen LogP contribution in [-0.4, -0.2) is 20.7 Å². The number of rotatable bonds is 4. The first-order valence-corrected chi connectivity index (χ1v) is 10.0. The number of hydrogen-bond acceptors (Lipinski definition) is 5. The summed E-state index contributed by atoms with van der Waals surface area (Å²) in [5, 5.41) is 19.7. The van der Waals surface area contributed by atoms with Crippen LogP contribution in [0.4, 0.5) is 5.69 Å². The molecule has 2 aromatic carbocycles. The van der Waals surface area contributed by atoms with Crippen molar-refractivity contribution in [3.63, 3.8) is 0 Å². The van der Waals surface area contributed by atoms with Gasteiger partial charge in [0.2, 0.25) is 0 Å². The number of nitrogens with one attached hydrogen (secondary N) is 1. The van der Waals surface area contributed by atoms with E-state index in [1.165, 1.54) is 0 Å². The summed E-state index contributed by atoms with van der Waals surface area (Å²) in [6, 6.07) is 13.1. The average Bonchev–Trinajstić information content (AvgIpc) is 3.32. The Balaban J connectivity index is 1.70. The van der Waals surface area contributed by atoms with Crippen LogP contribution in [0.5, 0.6) is 0 Å². The predicted molar refractivity (Wildman–Crippen MR) is 115 cm³/mol. The lowest BCUT2D eigenvalue weighted by atomic mass is 9.92. The van der Waals surface area contributed by atoms with Crippen LogP contribution in [0.1, 0.15) is 46.3 Å². The summed E-state index contributed by atoms with van der Waals surface area (Å²) in [6.45, 7) is 5.91. The van der Waals surface area contributed by atoms with E-state index in [1.807, 2.05) is 43.7 Å². The van der Waals surface area contributed by atoms with Crippen molar-refractivity contribution in [1.82, 2.24) is 14.8 Å². The molecule has 7 heteroatoms. The van der Waals surface area contributed by atoms with Gasteiger partial charge in [-0.2, -0.15) is 10.4 Å². The monoisotopic (exact) mass is 401 g/mol. The van der Waals surface area contributed by atoms with Crippen LogP contribution in [0.3, 0.4) is 0 Å². The molecule has 0 saturated carbocycles. The van der Waals surface area contributed by atoms with Gasteiger partial charge in [0.1, 0.15) is 5.00 Å². The van der Waals surface area contributed by atoms with Crippen molar-refractivity contribution >= 4 is 33.8 Å². The molecule has 1 amide bonds. The van der Waals surface area contributed by atoms with E-state index < -0.39 is 0 Å². The number of aryl methyl sites for hydroxylation is 1. The molecule has 0 saturated heterocycles. The van der Waals surface area contributed by atoms with Gasteiger partial charge in [0, 0.05) is 16.6 Å². The van der Waals surface area contributed by atoms with E-state index >= 15 is 0 Å². The maximum Gasteiger partial charge on any atom is 0.255 e. The first kappa shape index (κ1) is 18.8. The molecule has 6 nitrogen and oxygen atoms in total. The third-order valence-electron chi connectivity index (χ3n) is 4.70. The van der Waals surface area contributed by atoms with Crippen LogP contribution in [0.25, 0.3) is 15.9 Å². The lowest BCUT2D eigenvalue weighted by molar-refractivity contribution is 0.102. The molecule has 0 radical (unpaired) electrons. The fourth-order valence-electron chi connectivity index (χ4n) is 3.40. The zero-order valence-corrected chi connectivity index (χ0v) is 17.1. The molecule has 0 fully saturated rings. The van der Waals surface area contributed by atoms with Gasteiger partial charge in [-0.15, -0.1) is 0 Å². The third kappa shape index (κ3) is 3.50. The number of nitrogens with zero attached hydrogens (tertiary/aromatic N) is 4. The summed E-state index contributed by atoms with van der Waals surface area (Å²) < 4.78 is 1.82. The van der Waals surface area contributed by atoms with Gasteiger partial charge in [-0.05, 0) is 48.7 Å². The minimum absolute atomic E-state index is 0.0603. The summed E-state index contributed by atoms with van der Waals surface area (Å²) in [5.41, 5.74) is 3.37. The molecule has 4 rings (SSSR count). The quantitative estimate of drug-likeness (QED) is 0.519. The molecule has 2 aromatic heterocycles. The molecule has 4 aromatic rings. The molecular formula is C22H19N5OS. The van der Waals surface area contributed by atoms with Crippen molar-refractivity contribution in [3.8, 4) is 11.1 Å². The highest BCUT2D eigenvalue weighted by Gasteiger charge is 2.18. The fourth-order valence-corrected chi connectivity index (χ4v) is 4.15. The Kier molecular flexibility index (Phi) is 4.87. The van der Waals surface area contributed by atoms with Crippen LogP contribution in [-0.2, 0) is 0 Å². The molecule has 1 N–H and O–H groups in total. The molecule has 0 spiro atoms. The van der Waals surface area contributed by atoms with Crippen molar-refractivity contribution < 1.29 is 4.79 Å². The van der Waals surface area contributed by atoms with Crippen LogP contribution in [0.2, 0.25) is 0 Å². The summed E-state index contributed by atoms with van der Waals surface area (Å²) in [6.07, 6.45) is 3.59. The first-order chi connectivity index (χ1) is 14.0. The molecule has 0 aliphatic heterocycles. The standard InChI is InChI=1S/C22H19N5OS/c1-13(2)21-15(10-23)5-4-6-18(21)22(28)26-17-8-7-16-11-25-27(19(16)9-17)20-12-24-14(3)29-20/h4-9,11-13H,1-3H3,(H,26,28). The minimum Gasteiger partial charge on any atom is -0.322 e. The van der Waals surface area contributed by atoms with Crippen LogP contribution in [0.15, 0.2) is 48.8 Å². The van der Waals surface area contributed by atoms with Crippen LogP contribution < -0.4 is 5.32 Å². The normalized spacial score (nSPS) is 11.0. The molecule has 0 aliphatic rings. The van der Waals surface area contributed by atoms with Gasteiger partial charge in [0.05, 0.1) is 34.6 Å². The van der Waals surface area contributed by atoms with E-state index in [2.05, 4.69) is 21.5 Å². The maximum atomic E-state index is 13.0. The van der Waals surface area contributed by atoms with Gasteiger partial charge in [-0.3, -0.25) is 4.79 Å². The lowest BCUT2D eigenvalue weighted by Crippen LogP contribution is -2.15. The molecule has 0 aliphatic carbocycles. The van der Waals surface area contributed by atoms with Crippen molar-refractivity contribution in [2.75, 3.05) is 5.32 Å². The Morgan fingerprint density at radius 3 is 2.76 bits per heavy atom. The summed E-state index contributed by atoms with van der Waals surface area (Å²) >= 11 is 1.56. The number of fused-ring (bicyclic) bond motifs is 1. The van der Waals surface area contributed by atoms with Crippen LogP contribution >= 0.6 is 11.3 Å². The molecule has 144 valence electrons. The molecule has 0 unspecified atom stereocenters. The molecule has 0 atom stereocenters. The van der Waals surface area contributed by atoms with Gasteiger partial charge in [-0.25, -0.2) is 9.67 Å². The highest BCUT2D eigenvalue weighted by molar-refractivity contribution is 7.14. The highest BCUT2D eigenvalue weighted by atomic mass is 32.1. The van der Waals surface area contributed by atoms with E-state index in [4.69, 9.17) is 0 Å².